The summed E-state index contributed by atoms with van der Waals surface area (Å²) in [6.45, 7) is 4.80. The van der Waals surface area contributed by atoms with Crippen LogP contribution in [0.4, 0.5) is 0 Å². The normalized spacial score (nSPS) is 10.7. The van der Waals surface area contributed by atoms with Gasteiger partial charge in [0.1, 0.15) is 5.82 Å². The monoisotopic (exact) mass is 256 g/mol. The van der Waals surface area contributed by atoms with Crippen molar-refractivity contribution in [1.29, 1.82) is 0 Å². The Hall–Kier alpha value is -1.81. The number of aryl methyl sites for hydroxylation is 2. The molecule has 2 heterocycles. The molecule has 0 aliphatic heterocycles. The Labute approximate surface area is 114 Å². The molecule has 0 saturated heterocycles. The molecule has 0 saturated carbocycles. The minimum Gasteiger partial charge on any atom is -0.330 e. The van der Waals surface area contributed by atoms with Crippen LogP contribution in [-0.4, -0.2) is 21.5 Å². The number of nitrogens with zero attached hydrogens (tertiary/aromatic N) is 3. The molecule has 2 aromatic rings. The standard InChI is InChI=1S/C15H20N4/c1-11-14(6-3-7-16)12(2)19-15(18-11)9-13-5-4-8-17-10-13/h4-5,8,10H,3,6-7,9,16H2,1-2H3. The molecule has 100 valence electrons. The quantitative estimate of drug-likeness (QED) is 0.888. The van der Waals surface area contributed by atoms with Crippen molar-refractivity contribution in [2.75, 3.05) is 6.54 Å². The summed E-state index contributed by atoms with van der Waals surface area (Å²) in [5.74, 6) is 0.861. The highest BCUT2D eigenvalue weighted by atomic mass is 14.9. The van der Waals surface area contributed by atoms with Crippen LogP contribution in [0.15, 0.2) is 24.5 Å². The van der Waals surface area contributed by atoms with E-state index >= 15 is 0 Å². The van der Waals surface area contributed by atoms with Gasteiger partial charge in [0.2, 0.25) is 0 Å². The second-order valence-corrected chi connectivity index (χ2v) is 4.72. The van der Waals surface area contributed by atoms with Crippen LogP contribution in [-0.2, 0) is 12.8 Å². The van der Waals surface area contributed by atoms with E-state index < -0.39 is 0 Å². The highest BCUT2D eigenvalue weighted by molar-refractivity contribution is 5.26. The molecule has 19 heavy (non-hydrogen) atoms. The molecule has 0 aliphatic rings. The van der Waals surface area contributed by atoms with Crippen molar-refractivity contribution in [2.24, 2.45) is 5.73 Å². The lowest BCUT2D eigenvalue weighted by Crippen LogP contribution is -2.08. The van der Waals surface area contributed by atoms with Gasteiger partial charge in [-0.2, -0.15) is 0 Å². The van der Waals surface area contributed by atoms with Crippen LogP contribution < -0.4 is 5.73 Å². The average molecular weight is 256 g/mol. The molecule has 2 aromatic heterocycles. The molecular formula is C15H20N4. The van der Waals surface area contributed by atoms with Gasteiger partial charge in [-0.15, -0.1) is 0 Å². The number of aromatic nitrogens is 3. The molecule has 4 heteroatoms. The summed E-state index contributed by atoms with van der Waals surface area (Å²) in [5, 5.41) is 0. The van der Waals surface area contributed by atoms with E-state index in [1.54, 1.807) is 6.20 Å². The van der Waals surface area contributed by atoms with Crippen molar-refractivity contribution in [3.63, 3.8) is 0 Å². The lowest BCUT2D eigenvalue weighted by molar-refractivity contribution is 0.791. The zero-order valence-corrected chi connectivity index (χ0v) is 11.6. The Morgan fingerprint density at radius 3 is 2.47 bits per heavy atom. The zero-order chi connectivity index (χ0) is 13.7. The van der Waals surface area contributed by atoms with Crippen LogP contribution in [0.1, 0.15) is 34.8 Å². The lowest BCUT2D eigenvalue weighted by Gasteiger charge is -2.10. The van der Waals surface area contributed by atoms with Gasteiger partial charge in [-0.1, -0.05) is 6.07 Å². The van der Waals surface area contributed by atoms with Gasteiger partial charge in [-0.3, -0.25) is 4.98 Å². The maximum absolute atomic E-state index is 5.56. The first-order valence-electron chi connectivity index (χ1n) is 6.62. The van der Waals surface area contributed by atoms with E-state index in [-0.39, 0.29) is 0 Å². The third-order valence-corrected chi connectivity index (χ3v) is 3.18. The van der Waals surface area contributed by atoms with Crippen molar-refractivity contribution in [1.82, 2.24) is 15.0 Å². The van der Waals surface area contributed by atoms with Crippen molar-refractivity contribution >= 4 is 0 Å². The predicted octanol–water partition coefficient (Wildman–Crippen LogP) is 1.97. The fourth-order valence-electron chi connectivity index (χ4n) is 2.21. The first-order chi connectivity index (χ1) is 9.20. The van der Waals surface area contributed by atoms with Crippen molar-refractivity contribution in [3.8, 4) is 0 Å². The van der Waals surface area contributed by atoms with Gasteiger partial charge in [0.25, 0.3) is 0 Å². The molecule has 0 bridgehead atoms. The van der Waals surface area contributed by atoms with E-state index in [0.29, 0.717) is 6.54 Å². The third kappa shape index (κ3) is 3.58. The van der Waals surface area contributed by atoms with E-state index in [2.05, 4.69) is 15.0 Å². The first-order valence-corrected chi connectivity index (χ1v) is 6.62. The summed E-state index contributed by atoms with van der Waals surface area (Å²) in [6, 6.07) is 3.98. The summed E-state index contributed by atoms with van der Waals surface area (Å²) in [5.41, 5.74) is 10.1. The van der Waals surface area contributed by atoms with Crippen LogP contribution in [0.25, 0.3) is 0 Å². The Morgan fingerprint density at radius 2 is 1.89 bits per heavy atom. The molecule has 2 N–H and O–H groups in total. The number of pyridine rings is 1. The van der Waals surface area contributed by atoms with Crippen LogP contribution in [0, 0.1) is 13.8 Å². The average Bonchev–Trinajstić information content (AvgIpc) is 2.39. The largest absolute Gasteiger partial charge is 0.330 e. The predicted molar refractivity (Wildman–Crippen MR) is 75.9 cm³/mol. The van der Waals surface area contributed by atoms with Gasteiger partial charge in [0.15, 0.2) is 0 Å². The summed E-state index contributed by atoms with van der Waals surface area (Å²) in [4.78, 5) is 13.3. The van der Waals surface area contributed by atoms with E-state index in [0.717, 1.165) is 42.0 Å². The molecule has 0 amide bonds. The third-order valence-electron chi connectivity index (χ3n) is 3.18. The molecule has 2 rings (SSSR count). The van der Waals surface area contributed by atoms with Crippen LogP contribution in [0.3, 0.4) is 0 Å². The Bertz CT molecular complexity index is 514. The number of nitrogens with two attached hydrogens (primary N) is 1. The van der Waals surface area contributed by atoms with Crippen molar-refractivity contribution in [2.45, 2.75) is 33.1 Å². The van der Waals surface area contributed by atoms with Gasteiger partial charge in [-0.25, -0.2) is 9.97 Å². The maximum Gasteiger partial charge on any atom is 0.133 e. The number of rotatable bonds is 5. The Kier molecular flexibility index (Phi) is 4.58. The first kappa shape index (κ1) is 13.6. The molecule has 0 fully saturated rings. The van der Waals surface area contributed by atoms with Gasteiger partial charge < -0.3 is 5.73 Å². The fourth-order valence-corrected chi connectivity index (χ4v) is 2.21. The van der Waals surface area contributed by atoms with E-state index in [4.69, 9.17) is 5.73 Å². The van der Waals surface area contributed by atoms with Crippen LogP contribution in [0.5, 0.6) is 0 Å². The molecule has 0 atom stereocenters. The molecule has 0 radical (unpaired) electrons. The molecule has 4 nitrogen and oxygen atoms in total. The van der Waals surface area contributed by atoms with E-state index in [1.165, 1.54) is 5.56 Å². The fraction of sp³-hybridized carbons (Fsp3) is 0.400. The van der Waals surface area contributed by atoms with E-state index in [9.17, 15) is 0 Å². The smallest absolute Gasteiger partial charge is 0.133 e. The lowest BCUT2D eigenvalue weighted by atomic mass is 10.1. The number of hydrogen-bond acceptors (Lipinski definition) is 4. The zero-order valence-electron chi connectivity index (χ0n) is 11.6. The summed E-state index contributed by atoms with van der Waals surface area (Å²) >= 11 is 0. The molecule has 0 spiro atoms. The second-order valence-electron chi connectivity index (χ2n) is 4.72. The van der Waals surface area contributed by atoms with E-state index in [1.807, 2.05) is 32.2 Å². The van der Waals surface area contributed by atoms with Crippen LogP contribution in [0.2, 0.25) is 0 Å². The van der Waals surface area contributed by atoms with Gasteiger partial charge in [-0.05, 0) is 50.4 Å². The SMILES string of the molecule is Cc1nc(Cc2cccnc2)nc(C)c1CCCN. The molecule has 0 unspecified atom stereocenters. The van der Waals surface area contributed by atoms with Crippen LogP contribution >= 0.6 is 0 Å². The summed E-state index contributed by atoms with van der Waals surface area (Å²) in [7, 11) is 0. The maximum atomic E-state index is 5.56. The van der Waals surface area contributed by atoms with Gasteiger partial charge in [0.05, 0.1) is 0 Å². The van der Waals surface area contributed by atoms with Gasteiger partial charge in [0, 0.05) is 30.2 Å². The minimum absolute atomic E-state index is 0.705. The molecule has 0 aliphatic carbocycles. The Morgan fingerprint density at radius 1 is 1.16 bits per heavy atom. The second kappa shape index (κ2) is 6.38. The highest BCUT2D eigenvalue weighted by Crippen LogP contribution is 2.14. The minimum atomic E-state index is 0.705. The van der Waals surface area contributed by atoms with Gasteiger partial charge >= 0.3 is 0 Å². The molecule has 0 aromatic carbocycles. The summed E-state index contributed by atoms with van der Waals surface area (Å²) in [6.07, 6.45) is 6.30. The number of hydrogen-bond donors (Lipinski definition) is 1. The summed E-state index contributed by atoms with van der Waals surface area (Å²) < 4.78 is 0. The Balaban J connectivity index is 2.20. The topological polar surface area (TPSA) is 64.7 Å². The molecular weight excluding hydrogens is 236 g/mol. The highest BCUT2D eigenvalue weighted by Gasteiger charge is 2.08. The van der Waals surface area contributed by atoms with Crippen molar-refractivity contribution < 1.29 is 0 Å². The van der Waals surface area contributed by atoms with Crippen molar-refractivity contribution in [3.05, 3.63) is 52.9 Å².